The van der Waals surface area contributed by atoms with Crippen molar-refractivity contribution in [2.24, 2.45) is 0 Å². The largest absolute Gasteiger partial charge is 0.569 e. The Labute approximate surface area is 168 Å². The van der Waals surface area contributed by atoms with Crippen LogP contribution in [0, 0.1) is 42.7 Å². The van der Waals surface area contributed by atoms with Crippen LogP contribution in [0.1, 0.15) is 0 Å². The molecule has 1 atom stereocenters. The molecule has 182 valence electrons. The molecule has 0 aromatic heterocycles. The van der Waals surface area contributed by atoms with Crippen LogP contribution in [0.3, 0.4) is 0 Å². The van der Waals surface area contributed by atoms with Crippen molar-refractivity contribution in [2.45, 2.75) is 18.3 Å². The van der Waals surface area contributed by atoms with Crippen molar-refractivity contribution in [2.75, 3.05) is 52.9 Å². The third kappa shape index (κ3) is 58.4. The fourth-order valence-electron chi connectivity index (χ4n) is 1.11. The molecule has 0 aliphatic rings. The molecule has 1 unspecified atom stereocenters. The standard InChI is InChI=1S/C6H13O4.2C5H10O3.CH3O.3Rf/c1-9-4-6(8)5-10-3-2-7;2*1-7-3-5(6)4-8-2;1-2;;;/h6-8H,1-5H2;2*5-6H,1-4H2;2H,1H2;;;/q-1;2*-2;-1;;;. The average molecular weight is 1220 g/mol. The van der Waals surface area contributed by atoms with Crippen LogP contribution in [0.4, 0.5) is 0 Å². The zero-order valence-electron chi connectivity index (χ0n) is 18.4. The van der Waals surface area contributed by atoms with Crippen LogP contribution in [0.5, 0.6) is 0 Å². The maximum atomic E-state index is 8.90. The van der Waals surface area contributed by atoms with Crippen molar-refractivity contribution in [3.63, 3.8) is 0 Å². The summed E-state index contributed by atoms with van der Waals surface area (Å²) < 4.78 is 26.6. The van der Waals surface area contributed by atoms with E-state index in [4.69, 9.17) is 30.3 Å². The predicted molar refractivity (Wildman–Crippen MR) is 99.8 cm³/mol. The van der Waals surface area contributed by atoms with Gasteiger partial charge in [-0.15, -0.1) is 0 Å². The van der Waals surface area contributed by atoms with Gasteiger partial charge < -0.3 is 54.0 Å². The van der Waals surface area contributed by atoms with Gasteiger partial charge in [0.25, 0.3) is 0 Å². The van der Waals surface area contributed by atoms with E-state index in [1.54, 1.807) is 0 Å². The summed E-state index contributed by atoms with van der Waals surface area (Å²) in [5.41, 5.74) is 0. The molecule has 11 nitrogen and oxygen atoms in total. The number of aliphatic hydroxyl groups is 5. The van der Waals surface area contributed by atoms with Crippen molar-refractivity contribution in [1.29, 1.82) is 0 Å². The number of aliphatic hydroxyl groups excluding tert-OH is 5. The van der Waals surface area contributed by atoms with Crippen molar-refractivity contribution in [1.82, 2.24) is 0 Å². The molecular formula is C17H36O11Rf3-6. The van der Waals surface area contributed by atoms with Crippen LogP contribution >= 0.6 is 0 Å². The van der Waals surface area contributed by atoms with Gasteiger partial charge in [0, 0.05) is 33.0 Å². The molecule has 0 aromatic carbocycles. The Morgan fingerprint density at radius 3 is 0.935 bits per heavy atom. The van der Waals surface area contributed by atoms with E-state index >= 15 is 0 Å². The van der Waals surface area contributed by atoms with Crippen molar-refractivity contribution in [3.8, 4) is 0 Å². The first-order valence-corrected chi connectivity index (χ1v) is 7.82. The van der Waals surface area contributed by atoms with E-state index in [1.165, 1.54) is 0 Å². The maximum absolute atomic E-state index is 8.90. The van der Waals surface area contributed by atoms with Crippen LogP contribution in [-0.4, -0.2) is 96.7 Å². The van der Waals surface area contributed by atoms with Gasteiger partial charge in [0.1, 0.15) is 0 Å². The normalized spacial score (nSPS) is 9.97. The Kier molecular flexibility index (Phi) is 67.3. The average Bonchev–Trinajstić information content (AvgIpc) is 2.66. The Bertz CT molecular complexity index is 223. The Balaban J connectivity index is -0.0000000514. The first-order valence-electron chi connectivity index (χ1n) is 7.82. The van der Waals surface area contributed by atoms with Crippen LogP contribution in [0.25, 0.3) is 0 Å². The molecule has 0 aromatic rings. The quantitative estimate of drug-likeness (QED) is 0.110. The van der Waals surface area contributed by atoms with E-state index in [-0.39, 0.29) is 52.9 Å². The third-order valence-corrected chi connectivity index (χ3v) is 2.10. The smallest absolute Gasteiger partial charge is 0.0976 e. The minimum absolute atomic E-state index is 0. The summed E-state index contributed by atoms with van der Waals surface area (Å²) >= 11 is 0. The van der Waals surface area contributed by atoms with Gasteiger partial charge in [0.2, 0.25) is 0 Å². The number of ether oxygens (including phenoxy) is 6. The summed E-state index contributed by atoms with van der Waals surface area (Å²) in [6.07, 6.45) is -1.86. The van der Waals surface area contributed by atoms with Gasteiger partial charge in [0.15, 0.2) is 0 Å². The predicted octanol–water partition coefficient (Wildman–Crippen LogP) is -0.758. The second-order valence-corrected chi connectivity index (χ2v) is 4.61. The summed E-state index contributed by atoms with van der Waals surface area (Å²) in [7, 11) is 17.6. The van der Waals surface area contributed by atoms with Crippen molar-refractivity contribution < 1.29 is 54.0 Å². The van der Waals surface area contributed by atoms with E-state index in [9.17, 15) is 0 Å². The fraction of sp³-hybridized carbons (Fsp3) is 0.647. The molecule has 0 aliphatic heterocycles. The molecule has 0 saturated heterocycles. The van der Waals surface area contributed by atoms with Crippen LogP contribution in [-0.2, 0) is 28.4 Å². The molecule has 0 amide bonds. The van der Waals surface area contributed by atoms with Gasteiger partial charge in [-0.05, 0) is 0 Å². The maximum Gasteiger partial charge on any atom is 0.0976 e. The van der Waals surface area contributed by atoms with Crippen LogP contribution in [0.2, 0.25) is 0 Å². The first-order chi connectivity index (χ1) is 13.4. The molecule has 0 radical (unpaired) electrons. The molecule has 0 rings (SSSR count). The molecule has 0 spiro atoms. The van der Waals surface area contributed by atoms with Gasteiger partial charge in [-0.2, -0.15) is 0 Å². The molecule has 5 N–H and O–H groups in total. The molecule has 14 heteroatoms. The second kappa shape index (κ2) is 45.4. The van der Waals surface area contributed by atoms with Gasteiger partial charge in [-0.1, -0.05) is 0 Å². The zero-order chi connectivity index (χ0) is 22.6. The minimum Gasteiger partial charge on any atom is -0.569 e. The van der Waals surface area contributed by atoms with Crippen molar-refractivity contribution >= 4 is 0 Å². The van der Waals surface area contributed by atoms with Crippen LogP contribution in [0.15, 0.2) is 0 Å². The van der Waals surface area contributed by atoms with E-state index in [0.29, 0.717) is 0 Å². The minimum atomic E-state index is -0.649. The molecule has 31 heavy (non-hydrogen) atoms. The molecule has 0 aliphatic carbocycles. The van der Waals surface area contributed by atoms with Crippen LogP contribution < -0.4 is 0 Å². The van der Waals surface area contributed by atoms with Gasteiger partial charge in [-0.25, -0.2) is 42.7 Å². The number of rotatable bonds is 14. The summed E-state index contributed by atoms with van der Waals surface area (Å²) in [4.78, 5) is 0. The first kappa shape index (κ1) is 46.0. The van der Waals surface area contributed by atoms with Gasteiger partial charge >= 0.3 is 0 Å². The van der Waals surface area contributed by atoms with E-state index in [2.05, 4.69) is 66.3 Å². The van der Waals surface area contributed by atoms with E-state index in [1.807, 2.05) is 0 Å². The second-order valence-electron chi connectivity index (χ2n) is 4.61. The topological polar surface area (TPSA) is 157 Å². The molecule has 0 bridgehead atoms. The summed E-state index contributed by atoms with van der Waals surface area (Å²) in [5.74, 6) is 0. The SMILES string of the molecule is [CH2-]O.[CH2-]OCC(O)COCCO.[CH2-]OCC(O)CO[CH2-].[CH2-]OCC(O)CO[CH2-].[Rf].[Rf].[Rf]. The van der Waals surface area contributed by atoms with E-state index in [0.717, 1.165) is 0 Å². The summed E-state index contributed by atoms with van der Waals surface area (Å²) in [6.45, 7) is 1.31. The van der Waals surface area contributed by atoms with Crippen molar-refractivity contribution in [3.05, 3.63) is 42.7 Å². The fourth-order valence-corrected chi connectivity index (χ4v) is 1.11. The molecular weight excluding hydrogens is 1180 g/mol. The Morgan fingerprint density at radius 1 is 0.516 bits per heavy atom. The van der Waals surface area contributed by atoms with E-state index < -0.39 is 18.3 Å². The Morgan fingerprint density at radius 2 is 0.742 bits per heavy atom. The molecule has 0 fully saturated rings. The van der Waals surface area contributed by atoms with Gasteiger partial charge in [-0.3, -0.25) is 0 Å². The zero-order valence-corrected chi connectivity index (χ0v) is 37.6. The summed E-state index contributed by atoms with van der Waals surface area (Å²) in [6, 6.07) is 0. The summed E-state index contributed by atoms with van der Waals surface area (Å²) in [5, 5.41) is 41.4. The Hall–Kier alpha value is -3.44. The number of hydrogen-bond donors (Lipinski definition) is 5. The third-order valence-electron chi connectivity index (χ3n) is 2.10. The monoisotopic (exact) mass is 1220 g/mol. The van der Waals surface area contributed by atoms with Gasteiger partial charge in [0.05, 0.1) is 38.1 Å². The molecule has 0 heterocycles. The number of hydrogen-bond acceptors (Lipinski definition) is 11. The molecule has 0 saturated carbocycles.